The monoisotopic (exact) mass is 409 g/mol. The summed E-state index contributed by atoms with van der Waals surface area (Å²) in [6, 6.07) is 21.3. The highest BCUT2D eigenvalue weighted by Crippen LogP contribution is 2.27. The molecular formula is C22H20BrNO2. The largest absolute Gasteiger partial charge is 0.488 e. The van der Waals surface area contributed by atoms with Gasteiger partial charge >= 0.3 is 0 Å². The Hall–Kier alpha value is -2.59. The van der Waals surface area contributed by atoms with Gasteiger partial charge in [0.25, 0.3) is 5.91 Å². The van der Waals surface area contributed by atoms with Crippen LogP contribution in [0.2, 0.25) is 0 Å². The smallest absolute Gasteiger partial charge is 0.255 e. The number of anilines is 1. The fourth-order valence-corrected chi connectivity index (χ4v) is 3.14. The number of carbonyl (C=O) groups is 1. The maximum absolute atomic E-state index is 12.5. The van der Waals surface area contributed by atoms with E-state index in [-0.39, 0.29) is 5.91 Å². The second-order valence-electron chi connectivity index (χ2n) is 6.19. The molecule has 26 heavy (non-hydrogen) atoms. The molecule has 3 aromatic carbocycles. The number of amides is 1. The molecule has 0 unspecified atom stereocenters. The Morgan fingerprint density at radius 2 is 1.77 bits per heavy atom. The number of hydrogen-bond donors (Lipinski definition) is 1. The van der Waals surface area contributed by atoms with Gasteiger partial charge in [0, 0.05) is 11.3 Å². The zero-order chi connectivity index (χ0) is 18.5. The molecule has 0 aliphatic rings. The molecule has 132 valence electrons. The number of hydrogen-bond acceptors (Lipinski definition) is 2. The van der Waals surface area contributed by atoms with Crippen LogP contribution in [0.3, 0.4) is 0 Å². The normalized spacial score (nSPS) is 10.4. The van der Waals surface area contributed by atoms with Gasteiger partial charge < -0.3 is 10.1 Å². The summed E-state index contributed by atoms with van der Waals surface area (Å²) in [4.78, 5) is 12.5. The minimum absolute atomic E-state index is 0.146. The summed E-state index contributed by atoms with van der Waals surface area (Å²) < 4.78 is 6.58. The average Bonchev–Trinajstić information content (AvgIpc) is 2.63. The van der Waals surface area contributed by atoms with Gasteiger partial charge in [0.05, 0.1) is 4.47 Å². The summed E-state index contributed by atoms with van der Waals surface area (Å²) in [6.07, 6.45) is 0. The quantitative estimate of drug-likeness (QED) is 0.569. The highest BCUT2D eigenvalue weighted by molar-refractivity contribution is 9.10. The third-order valence-corrected chi connectivity index (χ3v) is 4.68. The number of ether oxygens (including phenoxy) is 1. The van der Waals surface area contributed by atoms with Crippen molar-refractivity contribution in [2.24, 2.45) is 0 Å². The molecule has 0 aliphatic heterocycles. The van der Waals surface area contributed by atoms with Crippen molar-refractivity contribution < 1.29 is 9.53 Å². The molecule has 0 fully saturated rings. The van der Waals surface area contributed by atoms with Gasteiger partial charge in [0.15, 0.2) is 0 Å². The first kappa shape index (κ1) is 18.2. The Bertz CT molecular complexity index is 923. The second-order valence-corrected chi connectivity index (χ2v) is 7.05. The average molecular weight is 410 g/mol. The lowest BCUT2D eigenvalue weighted by Gasteiger charge is -2.12. The van der Waals surface area contributed by atoms with Crippen LogP contribution in [-0.2, 0) is 6.61 Å². The first-order chi connectivity index (χ1) is 12.5. The van der Waals surface area contributed by atoms with Crippen LogP contribution >= 0.6 is 15.9 Å². The Morgan fingerprint density at radius 1 is 1.00 bits per heavy atom. The van der Waals surface area contributed by atoms with Gasteiger partial charge in [-0.2, -0.15) is 0 Å². The van der Waals surface area contributed by atoms with Crippen LogP contribution in [-0.4, -0.2) is 5.91 Å². The van der Waals surface area contributed by atoms with Crippen molar-refractivity contribution in [2.45, 2.75) is 20.5 Å². The summed E-state index contributed by atoms with van der Waals surface area (Å²) in [5.74, 6) is 0.559. The lowest BCUT2D eigenvalue weighted by atomic mass is 10.1. The van der Waals surface area contributed by atoms with Crippen molar-refractivity contribution in [1.29, 1.82) is 0 Å². The van der Waals surface area contributed by atoms with Crippen LogP contribution in [0.1, 0.15) is 27.0 Å². The topological polar surface area (TPSA) is 38.3 Å². The standard InChI is InChI=1S/C22H20BrNO2/c1-15-8-10-20(16(2)12-15)24-22(25)18-9-11-21(19(23)13-18)26-14-17-6-4-3-5-7-17/h3-13H,14H2,1-2H3,(H,24,25). The van der Waals surface area contributed by atoms with Gasteiger partial charge in [-0.1, -0.05) is 48.0 Å². The van der Waals surface area contributed by atoms with E-state index >= 15 is 0 Å². The predicted molar refractivity (Wildman–Crippen MR) is 109 cm³/mol. The molecule has 1 N–H and O–H groups in total. The van der Waals surface area contributed by atoms with Gasteiger partial charge in [-0.3, -0.25) is 4.79 Å². The maximum atomic E-state index is 12.5. The minimum atomic E-state index is -0.146. The summed E-state index contributed by atoms with van der Waals surface area (Å²) >= 11 is 3.49. The molecule has 0 radical (unpaired) electrons. The van der Waals surface area contributed by atoms with E-state index in [1.165, 1.54) is 5.56 Å². The fraction of sp³-hybridized carbons (Fsp3) is 0.136. The van der Waals surface area contributed by atoms with Crippen molar-refractivity contribution in [2.75, 3.05) is 5.32 Å². The SMILES string of the molecule is Cc1ccc(NC(=O)c2ccc(OCc3ccccc3)c(Br)c2)c(C)c1. The van der Waals surface area contributed by atoms with Crippen LogP contribution in [0.25, 0.3) is 0 Å². The molecule has 0 aliphatic carbocycles. The molecule has 0 saturated heterocycles. The highest BCUT2D eigenvalue weighted by atomic mass is 79.9. The van der Waals surface area contributed by atoms with Gasteiger partial charge in [0.2, 0.25) is 0 Å². The molecule has 3 nitrogen and oxygen atoms in total. The number of nitrogens with one attached hydrogen (secondary N) is 1. The first-order valence-corrected chi connectivity index (χ1v) is 9.17. The lowest BCUT2D eigenvalue weighted by molar-refractivity contribution is 0.102. The second kappa shape index (κ2) is 8.19. The Morgan fingerprint density at radius 3 is 2.46 bits per heavy atom. The molecular weight excluding hydrogens is 390 g/mol. The molecule has 4 heteroatoms. The van der Waals surface area contributed by atoms with Gasteiger partial charge in [-0.15, -0.1) is 0 Å². The Balaban J connectivity index is 1.69. The van der Waals surface area contributed by atoms with E-state index in [9.17, 15) is 4.79 Å². The molecule has 0 aromatic heterocycles. The zero-order valence-electron chi connectivity index (χ0n) is 14.8. The molecule has 3 aromatic rings. The van der Waals surface area contributed by atoms with Gasteiger partial charge in [-0.25, -0.2) is 0 Å². The number of halogens is 1. The van der Waals surface area contributed by atoms with E-state index in [2.05, 4.69) is 21.2 Å². The molecule has 1 amide bonds. The number of rotatable bonds is 5. The zero-order valence-corrected chi connectivity index (χ0v) is 16.3. The van der Waals surface area contributed by atoms with E-state index in [1.54, 1.807) is 12.1 Å². The summed E-state index contributed by atoms with van der Waals surface area (Å²) in [6.45, 7) is 4.50. The third kappa shape index (κ3) is 4.52. The minimum Gasteiger partial charge on any atom is -0.488 e. The van der Waals surface area contributed by atoms with E-state index < -0.39 is 0 Å². The van der Waals surface area contributed by atoms with Gasteiger partial charge in [0.1, 0.15) is 12.4 Å². The molecule has 0 heterocycles. The number of aryl methyl sites for hydroxylation is 2. The number of carbonyl (C=O) groups excluding carboxylic acids is 1. The van der Waals surface area contributed by atoms with Crippen LogP contribution in [0.15, 0.2) is 71.2 Å². The van der Waals surface area contributed by atoms with E-state index in [0.717, 1.165) is 21.3 Å². The molecule has 0 bridgehead atoms. The van der Waals surface area contributed by atoms with Crippen molar-refractivity contribution in [3.05, 3.63) is 93.5 Å². The summed E-state index contributed by atoms with van der Waals surface area (Å²) in [5.41, 5.74) is 4.70. The Labute approximate surface area is 162 Å². The summed E-state index contributed by atoms with van der Waals surface area (Å²) in [7, 11) is 0. The number of benzene rings is 3. The first-order valence-electron chi connectivity index (χ1n) is 8.38. The van der Waals surface area contributed by atoms with Crippen LogP contribution < -0.4 is 10.1 Å². The van der Waals surface area contributed by atoms with E-state index in [1.807, 2.05) is 68.4 Å². The van der Waals surface area contributed by atoms with Crippen LogP contribution in [0.4, 0.5) is 5.69 Å². The van der Waals surface area contributed by atoms with Crippen molar-refractivity contribution >= 4 is 27.5 Å². The van der Waals surface area contributed by atoms with Crippen molar-refractivity contribution in [1.82, 2.24) is 0 Å². The molecule has 0 spiro atoms. The highest BCUT2D eigenvalue weighted by Gasteiger charge is 2.11. The molecule has 0 saturated carbocycles. The van der Waals surface area contributed by atoms with Crippen molar-refractivity contribution in [3.63, 3.8) is 0 Å². The Kier molecular flexibility index (Phi) is 5.74. The summed E-state index contributed by atoms with van der Waals surface area (Å²) in [5, 5.41) is 2.96. The predicted octanol–water partition coefficient (Wildman–Crippen LogP) is 5.90. The van der Waals surface area contributed by atoms with E-state index in [4.69, 9.17) is 4.74 Å². The van der Waals surface area contributed by atoms with Crippen LogP contribution in [0.5, 0.6) is 5.75 Å². The van der Waals surface area contributed by atoms with Crippen molar-refractivity contribution in [3.8, 4) is 5.75 Å². The van der Waals surface area contributed by atoms with Crippen LogP contribution in [0, 0.1) is 13.8 Å². The lowest BCUT2D eigenvalue weighted by Crippen LogP contribution is -2.13. The van der Waals surface area contributed by atoms with Gasteiger partial charge in [-0.05, 0) is 65.2 Å². The molecule has 3 rings (SSSR count). The fourth-order valence-electron chi connectivity index (χ4n) is 2.64. The van der Waals surface area contributed by atoms with E-state index in [0.29, 0.717) is 17.9 Å². The molecule has 0 atom stereocenters. The maximum Gasteiger partial charge on any atom is 0.255 e. The third-order valence-electron chi connectivity index (χ3n) is 4.06.